The second-order valence-electron chi connectivity index (χ2n) is 4.93. The van der Waals surface area contributed by atoms with E-state index in [1.807, 2.05) is 32.2 Å². The van der Waals surface area contributed by atoms with Gasteiger partial charge in [-0.1, -0.05) is 12.1 Å². The number of rotatable bonds is 4. The number of nitrogens with zero attached hydrogens (tertiary/aromatic N) is 1. The van der Waals surface area contributed by atoms with E-state index in [0.717, 1.165) is 22.5 Å². The molecule has 0 aliphatic carbocycles. The van der Waals surface area contributed by atoms with E-state index in [0.29, 0.717) is 11.4 Å². The fourth-order valence-electron chi connectivity index (χ4n) is 1.81. The molecule has 0 fully saturated rings. The smallest absolute Gasteiger partial charge is 0.175 e. The van der Waals surface area contributed by atoms with E-state index in [9.17, 15) is 8.42 Å². The standard InChI is InChI=1S/C15H18N2O2S/c1-11-4-6-13(16-9-11)10-17-15-8-14(20(3,18)19)7-5-12(15)2/h4-9,17H,10H2,1-3H3. The Hall–Kier alpha value is -1.88. The van der Waals surface area contributed by atoms with Crippen LogP contribution in [0.2, 0.25) is 0 Å². The first-order chi connectivity index (χ1) is 9.36. The molecule has 5 heteroatoms. The van der Waals surface area contributed by atoms with Gasteiger partial charge in [0, 0.05) is 18.1 Å². The molecule has 1 aromatic heterocycles. The molecule has 0 bridgehead atoms. The lowest BCUT2D eigenvalue weighted by Gasteiger charge is -2.11. The molecule has 0 amide bonds. The zero-order chi connectivity index (χ0) is 14.8. The van der Waals surface area contributed by atoms with E-state index in [1.165, 1.54) is 6.26 Å². The Morgan fingerprint density at radius 1 is 1.15 bits per heavy atom. The lowest BCUT2D eigenvalue weighted by atomic mass is 10.2. The number of hydrogen-bond donors (Lipinski definition) is 1. The summed E-state index contributed by atoms with van der Waals surface area (Å²) in [5, 5.41) is 3.23. The van der Waals surface area contributed by atoms with Gasteiger partial charge in [0.1, 0.15) is 0 Å². The molecule has 106 valence electrons. The van der Waals surface area contributed by atoms with Crippen LogP contribution in [0.15, 0.2) is 41.4 Å². The highest BCUT2D eigenvalue weighted by atomic mass is 32.2. The van der Waals surface area contributed by atoms with Crippen LogP contribution in [0.1, 0.15) is 16.8 Å². The number of hydrogen-bond acceptors (Lipinski definition) is 4. The fourth-order valence-corrected chi connectivity index (χ4v) is 2.46. The van der Waals surface area contributed by atoms with Crippen LogP contribution in [0.3, 0.4) is 0 Å². The Kier molecular flexibility index (Phi) is 4.09. The summed E-state index contributed by atoms with van der Waals surface area (Å²) in [5.41, 5.74) is 3.85. The molecule has 0 saturated carbocycles. The molecular weight excluding hydrogens is 272 g/mol. The van der Waals surface area contributed by atoms with E-state index < -0.39 is 9.84 Å². The Morgan fingerprint density at radius 3 is 2.50 bits per heavy atom. The molecule has 0 aliphatic heterocycles. The zero-order valence-electron chi connectivity index (χ0n) is 11.8. The average molecular weight is 290 g/mol. The largest absolute Gasteiger partial charge is 0.379 e. The van der Waals surface area contributed by atoms with Gasteiger partial charge in [-0.3, -0.25) is 4.98 Å². The number of pyridine rings is 1. The van der Waals surface area contributed by atoms with E-state index in [2.05, 4.69) is 10.3 Å². The minimum atomic E-state index is -3.19. The average Bonchev–Trinajstić information content (AvgIpc) is 2.38. The third-order valence-electron chi connectivity index (χ3n) is 3.07. The van der Waals surface area contributed by atoms with Crippen LogP contribution in [0.25, 0.3) is 0 Å². The summed E-state index contributed by atoms with van der Waals surface area (Å²) in [6, 6.07) is 9.06. The van der Waals surface area contributed by atoms with Crippen LogP contribution in [0.4, 0.5) is 5.69 Å². The van der Waals surface area contributed by atoms with Gasteiger partial charge in [0.2, 0.25) is 0 Å². The molecule has 0 aliphatic rings. The summed E-state index contributed by atoms with van der Waals surface area (Å²) >= 11 is 0. The molecule has 1 N–H and O–H groups in total. The predicted octanol–water partition coefficient (Wildman–Crippen LogP) is 2.71. The van der Waals surface area contributed by atoms with E-state index in [1.54, 1.807) is 18.2 Å². The maximum Gasteiger partial charge on any atom is 0.175 e. The monoisotopic (exact) mass is 290 g/mol. The van der Waals surface area contributed by atoms with Crippen LogP contribution >= 0.6 is 0 Å². The lowest BCUT2D eigenvalue weighted by molar-refractivity contribution is 0.602. The molecule has 0 unspecified atom stereocenters. The number of nitrogens with one attached hydrogen (secondary N) is 1. The van der Waals surface area contributed by atoms with Gasteiger partial charge in [-0.05, 0) is 43.2 Å². The highest BCUT2D eigenvalue weighted by molar-refractivity contribution is 7.90. The third-order valence-corrected chi connectivity index (χ3v) is 4.18. The summed E-state index contributed by atoms with van der Waals surface area (Å²) < 4.78 is 23.1. The van der Waals surface area contributed by atoms with Crippen molar-refractivity contribution in [1.82, 2.24) is 4.98 Å². The van der Waals surface area contributed by atoms with Crippen LogP contribution in [0, 0.1) is 13.8 Å². The first kappa shape index (κ1) is 14.5. The summed E-state index contributed by atoms with van der Waals surface area (Å²) in [7, 11) is -3.19. The Labute approximate surface area is 119 Å². The molecule has 1 aromatic carbocycles. The molecule has 4 nitrogen and oxygen atoms in total. The van der Waals surface area contributed by atoms with Gasteiger partial charge in [-0.15, -0.1) is 0 Å². The second-order valence-corrected chi connectivity index (χ2v) is 6.95. The van der Waals surface area contributed by atoms with Crippen molar-refractivity contribution in [2.45, 2.75) is 25.3 Å². The Balaban J connectivity index is 2.19. The van der Waals surface area contributed by atoms with Crippen LogP contribution in [-0.2, 0) is 16.4 Å². The van der Waals surface area contributed by atoms with Crippen molar-refractivity contribution in [2.24, 2.45) is 0 Å². The van der Waals surface area contributed by atoms with E-state index in [4.69, 9.17) is 0 Å². The van der Waals surface area contributed by atoms with Crippen molar-refractivity contribution in [1.29, 1.82) is 0 Å². The van der Waals surface area contributed by atoms with Crippen molar-refractivity contribution in [3.05, 3.63) is 53.3 Å². The third kappa shape index (κ3) is 3.57. The quantitative estimate of drug-likeness (QED) is 0.940. The summed E-state index contributed by atoms with van der Waals surface area (Å²) in [6.07, 6.45) is 3.03. The van der Waals surface area contributed by atoms with Gasteiger partial charge in [-0.25, -0.2) is 8.42 Å². The minimum Gasteiger partial charge on any atom is -0.379 e. The number of anilines is 1. The first-order valence-electron chi connectivity index (χ1n) is 6.32. The van der Waals surface area contributed by atoms with Gasteiger partial charge in [0.15, 0.2) is 9.84 Å². The molecule has 2 rings (SSSR count). The number of benzene rings is 1. The maximum atomic E-state index is 11.6. The van der Waals surface area contributed by atoms with Crippen molar-refractivity contribution >= 4 is 15.5 Å². The molecular formula is C15H18N2O2S. The Bertz CT molecular complexity index is 707. The van der Waals surface area contributed by atoms with Gasteiger partial charge in [-0.2, -0.15) is 0 Å². The zero-order valence-corrected chi connectivity index (χ0v) is 12.7. The van der Waals surface area contributed by atoms with Gasteiger partial charge in [0.05, 0.1) is 17.1 Å². The van der Waals surface area contributed by atoms with Crippen LogP contribution < -0.4 is 5.32 Å². The second kappa shape index (κ2) is 5.63. The van der Waals surface area contributed by atoms with Crippen molar-refractivity contribution in [3.8, 4) is 0 Å². The molecule has 0 spiro atoms. The molecule has 20 heavy (non-hydrogen) atoms. The highest BCUT2D eigenvalue weighted by Crippen LogP contribution is 2.20. The van der Waals surface area contributed by atoms with Crippen LogP contribution in [0.5, 0.6) is 0 Å². The molecule has 1 heterocycles. The Morgan fingerprint density at radius 2 is 1.90 bits per heavy atom. The van der Waals surface area contributed by atoms with Gasteiger partial charge < -0.3 is 5.32 Å². The van der Waals surface area contributed by atoms with E-state index >= 15 is 0 Å². The highest BCUT2D eigenvalue weighted by Gasteiger charge is 2.09. The molecule has 2 aromatic rings. The van der Waals surface area contributed by atoms with Gasteiger partial charge in [0.25, 0.3) is 0 Å². The van der Waals surface area contributed by atoms with E-state index in [-0.39, 0.29) is 0 Å². The fraction of sp³-hybridized carbons (Fsp3) is 0.267. The summed E-state index contributed by atoms with van der Waals surface area (Å²) in [5.74, 6) is 0. The van der Waals surface area contributed by atoms with Crippen LogP contribution in [-0.4, -0.2) is 19.7 Å². The minimum absolute atomic E-state index is 0.322. The molecule has 0 saturated heterocycles. The molecule has 0 atom stereocenters. The van der Waals surface area contributed by atoms with Crippen molar-refractivity contribution in [3.63, 3.8) is 0 Å². The first-order valence-corrected chi connectivity index (χ1v) is 8.21. The summed E-state index contributed by atoms with van der Waals surface area (Å²) in [6.45, 7) is 4.50. The topological polar surface area (TPSA) is 59.1 Å². The number of sulfone groups is 1. The lowest BCUT2D eigenvalue weighted by Crippen LogP contribution is -2.05. The van der Waals surface area contributed by atoms with Crippen molar-refractivity contribution in [2.75, 3.05) is 11.6 Å². The summed E-state index contributed by atoms with van der Waals surface area (Å²) in [4.78, 5) is 4.64. The van der Waals surface area contributed by atoms with Gasteiger partial charge >= 0.3 is 0 Å². The SMILES string of the molecule is Cc1ccc(CNc2cc(S(C)(=O)=O)ccc2C)nc1. The molecule has 0 radical (unpaired) electrons. The normalized spacial score (nSPS) is 11.3. The van der Waals surface area contributed by atoms with Crippen molar-refractivity contribution < 1.29 is 8.42 Å². The number of aromatic nitrogens is 1. The maximum absolute atomic E-state index is 11.6. The predicted molar refractivity (Wildman–Crippen MR) is 80.6 cm³/mol. The number of aryl methyl sites for hydroxylation is 2.